The van der Waals surface area contributed by atoms with Crippen molar-refractivity contribution in [2.45, 2.75) is 4.90 Å². The van der Waals surface area contributed by atoms with Crippen LogP contribution in [0.4, 0.5) is 5.69 Å². The third-order valence-electron chi connectivity index (χ3n) is 3.52. The Hall–Kier alpha value is -3.16. The second-order valence-corrected chi connectivity index (χ2v) is 7.03. The molecule has 0 spiro atoms. The van der Waals surface area contributed by atoms with Crippen LogP contribution in [0, 0.1) is 0 Å². The molecule has 3 rings (SSSR count). The van der Waals surface area contributed by atoms with Gasteiger partial charge >= 0.3 is 0 Å². The van der Waals surface area contributed by atoms with Crippen LogP contribution < -0.4 is 15.2 Å². The van der Waals surface area contributed by atoms with Crippen molar-refractivity contribution in [2.24, 2.45) is 5.14 Å². The normalized spacial score (nSPS) is 11.0. The summed E-state index contributed by atoms with van der Waals surface area (Å²) in [7, 11) is -3.83. The molecule has 0 atom stereocenters. The van der Waals surface area contributed by atoms with Crippen LogP contribution in [0.1, 0.15) is 10.4 Å². The average Bonchev–Trinajstić information content (AvgIpc) is 2.63. The molecule has 0 fully saturated rings. The molecule has 0 aliphatic heterocycles. The Balaban J connectivity index is 1.71. The largest absolute Gasteiger partial charge is 0.457 e. The number of benzene rings is 3. The Morgan fingerprint density at radius 2 is 1.50 bits per heavy atom. The van der Waals surface area contributed by atoms with Gasteiger partial charge in [0.1, 0.15) is 11.5 Å². The molecule has 0 saturated carbocycles. The van der Waals surface area contributed by atoms with Gasteiger partial charge in [-0.05, 0) is 54.6 Å². The lowest BCUT2D eigenvalue weighted by molar-refractivity contribution is 0.102. The van der Waals surface area contributed by atoms with Crippen molar-refractivity contribution in [3.8, 4) is 11.5 Å². The van der Waals surface area contributed by atoms with Gasteiger partial charge in [0.05, 0.1) is 4.90 Å². The van der Waals surface area contributed by atoms with E-state index in [0.29, 0.717) is 22.7 Å². The molecule has 7 heteroatoms. The van der Waals surface area contributed by atoms with E-state index in [4.69, 9.17) is 9.88 Å². The number of rotatable bonds is 5. The molecule has 0 radical (unpaired) electrons. The fraction of sp³-hybridized carbons (Fsp3) is 0. The number of primary sulfonamides is 1. The highest BCUT2D eigenvalue weighted by Gasteiger charge is 2.11. The Kier molecular flexibility index (Phi) is 5.01. The summed E-state index contributed by atoms with van der Waals surface area (Å²) in [5, 5.41) is 7.73. The molecule has 0 unspecified atom stereocenters. The van der Waals surface area contributed by atoms with E-state index in [-0.39, 0.29) is 10.8 Å². The summed E-state index contributed by atoms with van der Waals surface area (Å²) in [5.41, 5.74) is 0.748. The molecule has 0 aliphatic carbocycles. The van der Waals surface area contributed by atoms with Crippen molar-refractivity contribution >= 4 is 21.6 Å². The topological polar surface area (TPSA) is 98.5 Å². The molecule has 6 nitrogen and oxygen atoms in total. The first-order chi connectivity index (χ1) is 12.4. The number of carbonyl (C=O) groups is 1. The second kappa shape index (κ2) is 7.38. The first-order valence-electron chi connectivity index (χ1n) is 7.69. The van der Waals surface area contributed by atoms with Crippen LogP contribution in [-0.4, -0.2) is 14.3 Å². The van der Waals surface area contributed by atoms with Gasteiger partial charge in [-0.25, -0.2) is 13.6 Å². The van der Waals surface area contributed by atoms with Crippen LogP contribution in [0.3, 0.4) is 0 Å². The molecule has 132 valence electrons. The summed E-state index contributed by atoms with van der Waals surface area (Å²) >= 11 is 0. The fourth-order valence-corrected chi connectivity index (χ4v) is 2.81. The smallest absolute Gasteiger partial charge is 0.255 e. The van der Waals surface area contributed by atoms with E-state index in [2.05, 4.69) is 5.32 Å². The van der Waals surface area contributed by atoms with E-state index in [1.165, 1.54) is 18.2 Å². The van der Waals surface area contributed by atoms with E-state index < -0.39 is 10.0 Å². The van der Waals surface area contributed by atoms with Gasteiger partial charge in [-0.1, -0.05) is 24.3 Å². The molecule has 0 heterocycles. The van der Waals surface area contributed by atoms with Gasteiger partial charge in [0, 0.05) is 11.3 Å². The number of hydrogen-bond acceptors (Lipinski definition) is 4. The zero-order valence-corrected chi connectivity index (χ0v) is 14.4. The van der Waals surface area contributed by atoms with E-state index in [1.807, 2.05) is 30.3 Å². The number of amides is 1. The lowest BCUT2D eigenvalue weighted by atomic mass is 10.2. The third-order valence-corrected chi connectivity index (χ3v) is 4.43. The minimum absolute atomic E-state index is 0.0677. The first kappa shape index (κ1) is 17.7. The van der Waals surface area contributed by atoms with E-state index in [9.17, 15) is 13.2 Å². The van der Waals surface area contributed by atoms with Gasteiger partial charge in [0.25, 0.3) is 5.91 Å². The Labute approximate surface area is 151 Å². The highest BCUT2D eigenvalue weighted by Crippen LogP contribution is 2.22. The number of ether oxygens (including phenoxy) is 1. The summed E-state index contributed by atoms with van der Waals surface area (Å²) in [6.07, 6.45) is 0. The molecule has 3 aromatic rings. The maximum Gasteiger partial charge on any atom is 0.255 e. The predicted octanol–water partition coefficient (Wildman–Crippen LogP) is 3.38. The summed E-state index contributed by atoms with van der Waals surface area (Å²) < 4.78 is 28.4. The number of hydrogen-bond donors (Lipinski definition) is 2. The predicted molar refractivity (Wildman–Crippen MR) is 98.7 cm³/mol. The average molecular weight is 368 g/mol. The van der Waals surface area contributed by atoms with Crippen LogP contribution in [0.5, 0.6) is 11.5 Å². The number of nitrogens with two attached hydrogens (primary N) is 1. The fourth-order valence-electron chi connectivity index (χ4n) is 2.25. The van der Waals surface area contributed by atoms with Gasteiger partial charge in [-0.3, -0.25) is 4.79 Å². The zero-order valence-electron chi connectivity index (χ0n) is 13.6. The Bertz CT molecular complexity index is 1020. The molecule has 0 bridgehead atoms. The molecule has 0 aliphatic rings. The van der Waals surface area contributed by atoms with Gasteiger partial charge in [-0.15, -0.1) is 0 Å². The maximum absolute atomic E-state index is 12.3. The zero-order chi connectivity index (χ0) is 18.6. The van der Waals surface area contributed by atoms with E-state index in [0.717, 1.165) is 0 Å². The summed E-state index contributed by atoms with van der Waals surface area (Å²) in [4.78, 5) is 12.2. The second-order valence-electron chi connectivity index (χ2n) is 5.47. The van der Waals surface area contributed by atoms with Gasteiger partial charge in [0.2, 0.25) is 10.0 Å². The molecule has 1 amide bonds. The number of anilines is 1. The molecular weight excluding hydrogens is 352 g/mol. The number of nitrogens with one attached hydrogen (secondary N) is 1. The van der Waals surface area contributed by atoms with Crippen LogP contribution in [-0.2, 0) is 10.0 Å². The van der Waals surface area contributed by atoms with Crippen LogP contribution >= 0.6 is 0 Å². The van der Waals surface area contributed by atoms with Gasteiger partial charge < -0.3 is 10.1 Å². The van der Waals surface area contributed by atoms with Crippen LogP contribution in [0.2, 0.25) is 0 Å². The van der Waals surface area contributed by atoms with Crippen molar-refractivity contribution in [3.05, 3.63) is 84.4 Å². The van der Waals surface area contributed by atoms with E-state index >= 15 is 0 Å². The quantitative estimate of drug-likeness (QED) is 0.721. The molecule has 3 N–H and O–H groups in total. The van der Waals surface area contributed by atoms with Crippen molar-refractivity contribution in [3.63, 3.8) is 0 Å². The molecule has 26 heavy (non-hydrogen) atoms. The summed E-state index contributed by atoms with van der Waals surface area (Å²) in [6, 6.07) is 21.7. The monoisotopic (exact) mass is 368 g/mol. The van der Waals surface area contributed by atoms with Crippen molar-refractivity contribution in [1.82, 2.24) is 0 Å². The van der Waals surface area contributed by atoms with Crippen molar-refractivity contribution < 1.29 is 17.9 Å². The lowest BCUT2D eigenvalue weighted by Crippen LogP contribution is -2.14. The van der Waals surface area contributed by atoms with Crippen molar-refractivity contribution in [2.75, 3.05) is 5.32 Å². The molecular formula is C19H16N2O4S. The van der Waals surface area contributed by atoms with Crippen LogP contribution in [0.25, 0.3) is 0 Å². The minimum atomic E-state index is -3.83. The Morgan fingerprint density at radius 1 is 0.846 bits per heavy atom. The van der Waals surface area contributed by atoms with Gasteiger partial charge in [0.15, 0.2) is 0 Å². The highest BCUT2D eigenvalue weighted by molar-refractivity contribution is 7.89. The third kappa shape index (κ3) is 4.47. The first-order valence-corrected chi connectivity index (χ1v) is 9.24. The minimum Gasteiger partial charge on any atom is -0.457 e. The lowest BCUT2D eigenvalue weighted by Gasteiger charge is -2.08. The van der Waals surface area contributed by atoms with Crippen LogP contribution in [0.15, 0.2) is 83.8 Å². The molecule has 3 aromatic carbocycles. The molecule has 0 saturated heterocycles. The summed E-state index contributed by atoms with van der Waals surface area (Å²) in [5.74, 6) is 0.927. The van der Waals surface area contributed by atoms with Gasteiger partial charge in [-0.2, -0.15) is 0 Å². The molecule has 0 aromatic heterocycles. The number of carbonyl (C=O) groups excluding carboxylic acids is 1. The van der Waals surface area contributed by atoms with Crippen molar-refractivity contribution in [1.29, 1.82) is 0 Å². The Morgan fingerprint density at radius 3 is 2.15 bits per heavy atom. The SMILES string of the molecule is NS(=O)(=O)c1cccc(NC(=O)c2ccc(Oc3ccccc3)cc2)c1. The number of para-hydroxylation sites is 1. The van der Waals surface area contributed by atoms with E-state index in [1.54, 1.807) is 30.3 Å². The maximum atomic E-state index is 12.3. The summed E-state index contributed by atoms with van der Waals surface area (Å²) in [6.45, 7) is 0. The standard InChI is InChI=1S/C19H16N2O4S/c20-26(23,24)18-8-4-5-15(13-18)21-19(22)14-9-11-17(12-10-14)25-16-6-2-1-3-7-16/h1-13H,(H,21,22)(H2,20,23,24). The highest BCUT2D eigenvalue weighted by atomic mass is 32.2. The number of sulfonamides is 1.